The number of ketones is 2. The molecular formula is C42H62FN5O11. The van der Waals surface area contributed by atoms with Gasteiger partial charge < -0.3 is 49.4 Å². The van der Waals surface area contributed by atoms with Crippen molar-refractivity contribution in [2.75, 3.05) is 33.0 Å². The highest BCUT2D eigenvalue weighted by molar-refractivity contribution is 6.08. The zero-order valence-electron chi connectivity index (χ0n) is 35.8. The zero-order valence-corrected chi connectivity index (χ0v) is 35.8. The number of esters is 1. The van der Waals surface area contributed by atoms with Gasteiger partial charge in [0.05, 0.1) is 42.8 Å². The van der Waals surface area contributed by atoms with Gasteiger partial charge in [0.2, 0.25) is 0 Å². The number of aromatic nitrogens is 2. The lowest BCUT2D eigenvalue weighted by Crippen LogP contribution is -2.61. The average molecular weight is 832 g/mol. The highest BCUT2D eigenvalue weighted by Crippen LogP contribution is 2.40. The summed E-state index contributed by atoms with van der Waals surface area (Å²) in [5.74, 6) is -5.87. The molecule has 16 nitrogen and oxygen atoms in total. The van der Waals surface area contributed by atoms with Crippen molar-refractivity contribution in [2.45, 2.75) is 141 Å². The predicted octanol–water partition coefficient (Wildman–Crippen LogP) is 3.56. The van der Waals surface area contributed by atoms with Crippen LogP contribution in [0.15, 0.2) is 41.7 Å². The molecule has 13 atom stereocenters. The third-order valence-electron chi connectivity index (χ3n) is 12.1. The van der Waals surface area contributed by atoms with E-state index in [1.54, 1.807) is 44.6 Å². The van der Waals surface area contributed by atoms with Crippen molar-refractivity contribution in [2.24, 2.45) is 22.9 Å². The second-order valence-electron chi connectivity index (χ2n) is 17.2. The van der Waals surface area contributed by atoms with Gasteiger partial charge in [-0.25, -0.2) is 13.9 Å². The number of aliphatic hydroxyl groups excluding tert-OH is 1. The summed E-state index contributed by atoms with van der Waals surface area (Å²) in [7, 11) is 3.62. The van der Waals surface area contributed by atoms with Gasteiger partial charge in [0.15, 0.2) is 12.1 Å². The molecule has 0 saturated carbocycles. The van der Waals surface area contributed by atoms with Crippen LogP contribution in [0.2, 0.25) is 0 Å². The minimum atomic E-state index is -3.21. The number of nitrogens with two attached hydrogens (primary N) is 1. The second-order valence-corrected chi connectivity index (χ2v) is 17.2. The van der Waals surface area contributed by atoms with Crippen LogP contribution in [0.4, 0.5) is 10.2 Å². The van der Waals surface area contributed by atoms with Crippen molar-refractivity contribution in [3.8, 4) is 5.69 Å². The molecule has 2 bridgehead atoms. The van der Waals surface area contributed by atoms with Gasteiger partial charge >= 0.3 is 5.97 Å². The van der Waals surface area contributed by atoms with Crippen molar-refractivity contribution in [1.29, 1.82) is 0 Å². The molecule has 328 valence electrons. The van der Waals surface area contributed by atoms with Crippen LogP contribution in [0.25, 0.3) is 5.69 Å². The first-order valence-electron chi connectivity index (χ1n) is 20.3. The fourth-order valence-corrected chi connectivity index (χ4v) is 8.63. The Morgan fingerprint density at radius 2 is 1.73 bits per heavy atom. The van der Waals surface area contributed by atoms with Crippen LogP contribution in [0, 0.1) is 17.8 Å². The first-order valence-corrected chi connectivity index (χ1v) is 20.3. The van der Waals surface area contributed by atoms with Crippen LogP contribution in [-0.2, 0) is 49.5 Å². The largest absolute Gasteiger partial charge is 0.457 e. The summed E-state index contributed by atoms with van der Waals surface area (Å²) in [5.41, 5.74) is 0.656. The number of hydrogen-bond donors (Lipinski definition) is 3. The monoisotopic (exact) mass is 831 g/mol. The number of rotatable bonds is 8. The van der Waals surface area contributed by atoms with Crippen molar-refractivity contribution in [3.05, 3.63) is 42.1 Å². The van der Waals surface area contributed by atoms with E-state index >= 15 is 4.39 Å². The van der Waals surface area contributed by atoms with E-state index < -0.39 is 83.1 Å². The number of nitrogen functional groups attached to an aromatic ring is 1. The summed E-state index contributed by atoms with van der Waals surface area (Å²) < 4.78 is 49.8. The number of anilines is 1. The molecular weight excluding hydrogens is 769 g/mol. The van der Waals surface area contributed by atoms with E-state index in [0.29, 0.717) is 12.2 Å². The minimum Gasteiger partial charge on any atom is -0.457 e. The molecule has 3 saturated heterocycles. The maximum atomic E-state index is 16.8. The highest BCUT2D eigenvalue weighted by atomic mass is 19.1. The van der Waals surface area contributed by atoms with E-state index in [1.807, 2.05) is 50.2 Å². The molecule has 2 aromatic rings. The standard InChI is InChI=1S/C42H62FN5O11/c1-11-31-42(8,53)37-25(4)33(49)23(2)19-40(6,55-22-28(21-54-37)46-56-20-27-12-14-29(15-13-27)48-17-16-32(44)45-48)36(26(5)35(51)41(7,43)39(52)58-31)59-38-34(50)30(47(9)10)18-24(3)57-38/h12-17,23-26,30-31,34,36-38,50,53H,11,18-22H2,1-10H3,(H2,44,45)/b46-28+/t23-,24-,25+,26+,30+,31-,34-,36-,37+,38+,40-,41+,42-/m1/s1. The second kappa shape index (κ2) is 18.4. The van der Waals surface area contributed by atoms with E-state index in [1.165, 1.54) is 13.8 Å². The molecule has 0 aliphatic carbocycles. The van der Waals surface area contributed by atoms with Gasteiger partial charge in [0, 0.05) is 36.1 Å². The smallest absolute Gasteiger partial charge is 0.351 e. The number of alkyl halides is 1. The molecule has 1 aromatic heterocycles. The lowest BCUT2D eigenvalue weighted by molar-refractivity contribution is -0.296. The number of nitrogens with zero attached hydrogens (tertiary/aromatic N) is 4. The summed E-state index contributed by atoms with van der Waals surface area (Å²) in [6.07, 6.45) is -4.89. The summed E-state index contributed by atoms with van der Waals surface area (Å²) in [4.78, 5) is 50.1. The predicted molar refractivity (Wildman–Crippen MR) is 214 cm³/mol. The number of carbonyl (C=O) groups is 3. The van der Waals surface area contributed by atoms with E-state index in [-0.39, 0.29) is 50.3 Å². The van der Waals surface area contributed by atoms with Gasteiger partial charge in [-0.3, -0.25) is 9.59 Å². The normalized spacial score (nSPS) is 38.7. The Labute approximate surface area is 345 Å². The van der Waals surface area contributed by atoms with E-state index in [0.717, 1.165) is 18.2 Å². The number of ether oxygens (including phenoxy) is 5. The Hall–Kier alpha value is -3.84. The number of aliphatic hydroxyl groups is 2. The van der Waals surface area contributed by atoms with Gasteiger partial charge in [-0.1, -0.05) is 45.0 Å². The van der Waals surface area contributed by atoms with Crippen LogP contribution in [0.3, 0.4) is 0 Å². The van der Waals surface area contributed by atoms with Crippen molar-refractivity contribution < 1.29 is 57.5 Å². The van der Waals surface area contributed by atoms with Gasteiger partial charge in [0.1, 0.15) is 41.7 Å². The molecule has 0 radical (unpaired) electrons. The fraction of sp³-hybridized carbons (Fsp3) is 0.690. The van der Waals surface area contributed by atoms with Gasteiger partial charge in [-0.15, -0.1) is 0 Å². The Morgan fingerprint density at radius 3 is 2.34 bits per heavy atom. The van der Waals surface area contributed by atoms with Crippen molar-refractivity contribution in [1.82, 2.24) is 14.7 Å². The van der Waals surface area contributed by atoms with Crippen LogP contribution in [-0.4, -0.2) is 135 Å². The quantitative estimate of drug-likeness (QED) is 0.198. The maximum Gasteiger partial charge on any atom is 0.351 e. The van der Waals surface area contributed by atoms with Crippen LogP contribution in [0.1, 0.15) is 80.2 Å². The average Bonchev–Trinajstić information content (AvgIpc) is 3.62. The molecule has 59 heavy (non-hydrogen) atoms. The zero-order chi connectivity index (χ0) is 43.6. The maximum absolute atomic E-state index is 16.8. The SMILES string of the molecule is CC[C@H]1OC(=O)[C@@](C)(F)C(=O)[C@H](C)[C@@H](O[C@@H]2O[C@H](C)C[C@H](N(C)C)[C@H]2O)[C@@]2(C)C[C@@H](C)C(=O)[C@H](C)[C@H](OC/C(=N\OCc3ccc(-n4ccc(N)n4)cc3)CO2)[C@]1(C)O. The number of likely N-dealkylation sites (N-methyl/N-ethyl adjacent to an activating group) is 1. The highest BCUT2D eigenvalue weighted by Gasteiger charge is 2.57. The van der Waals surface area contributed by atoms with E-state index in [9.17, 15) is 24.6 Å². The number of halogens is 1. The molecule has 17 heteroatoms. The third kappa shape index (κ3) is 10.0. The minimum absolute atomic E-state index is 0.0133. The van der Waals surface area contributed by atoms with Crippen LogP contribution < -0.4 is 5.73 Å². The van der Waals surface area contributed by atoms with Crippen molar-refractivity contribution in [3.63, 3.8) is 0 Å². The topological polar surface area (TPSA) is 206 Å². The van der Waals surface area contributed by atoms with Crippen molar-refractivity contribution >= 4 is 29.1 Å². The summed E-state index contributed by atoms with van der Waals surface area (Å²) >= 11 is 0. The molecule has 5 rings (SSSR count). The fourth-order valence-electron chi connectivity index (χ4n) is 8.63. The number of oxime groups is 1. The van der Waals surface area contributed by atoms with E-state index in [2.05, 4.69) is 10.3 Å². The molecule has 3 aliphatic heterocycles. The number of benzene rings is 1. The first kappa shape index (κ1) is 46.2. The molecule has 0 unspecified atom stereocenters. The Kier molecular flexibility index (Phi) is 14.4. The Bertz CT molecular complexity index is 1820. The van der Waals surface area contributed by atoms with Gasteiger partial charge in [0.25, 0.3) is 5.67 Å². The molecule has 3 fully saturated rings. The molecule has 1 aromatic carbocycles. The molecule has 0 amide bonds. The van der Waals surface area contributed by atoms with Gasteiger partial charge in [-0.2, -0.15) is 5.10 Å². The third-order valence-corrected chi connectivity index (χ3v) is 12.1. The summed E-state index contributed by atoms with van der Waals surface area (Å²) in [5, 5.41) is 32.3. The van der Waals surface area contributed by atoms with E-state index in [4.69, 9.17) is 34.3 Å². The Morgan fingerprint density at radius 1 is 1.05 bits per heavy atom. The first-order chi connectivity index (χ1) is 27.6. The summed E-state index contributed by atoms with van der Waals surface area (Å²) in [6.45, 7) is 11.4. The molecule has 4 heterocycles. The number of cyclic esters (lactones) is 1. The van der Waals surface area contributed by atoms with Crippen LogP contribution >= 0.6 is 0 Å². The molecule has 0 spiro atoms. The number of hydrogen-bond acceptors (Lipinski definition) is 15. The number of fused-ring (bicyclic) bond motifs is 5. The molecule has 3 aliphatic rings. The number of Topliss-reactive ketones (excluding diaryl/α,β-unsaturated/α-hetero) is 2. The lowest BCUT2D eigenvalue weighted by Gasteiger charge is -2.47. The summed E-state index contributed by atoms with van der Waals surface area (Å²) in [6, 6.07) is 8.66. The van der Waals surface area contributed by atoms with Crippen LogP contribution in [0.5, 0.6) is 0 Å². The number of carbonyl (C=O) groups excluding carboxylic acids is 3. The Balaban J connectivity index is 1.59. The lowest BCUT2D eigenvalue weighted by atomic mass is 9.74. The van der Waals surface area contributed by atoms with Gasteiger partial charge in [-0.05, 0) is 78.7 Å². The molecule has 4 N–H and O–H groups in total.